The van der Waals surface area contributed by atoms with Gasteiger partial charge in [0.15, 0.2) is 0 Å². The average Bonchev–Trinajstić information content (AvgIpc) is 2.87. The number of hydrogen-bond acceptors (Lipinski definition) is 5. The predicted molar refractivity (Wildman–Crippen MR) is 59.4 cm³/mol. The Morgan fingerprint density at radius 2 is 2.44 bits per heavy atom. The summed E-state index contributed by atoms with van der Waals surface area (Å²) in [5, 5.41) is 5.81. The highest BCUT2D eigenvalue weighted by atomic mass is 32.1. The van der Waals surface area contributed by atoms with E-state index in [2.05, 4.69) is 20.1 Å². The van der Waals surface area contributed by atoms with E-state index in [0.717, 1.165) is 5.52 Å². The molecular formula is C9H7N5OS. The number of nitrogens with one attached hydrogen (secondary N) is 1. The molecule has 6 nitrogen and oxygen atoms in total. The normalized spacial score (nSPS) is 11.0. The molecule has 0 bridgehead atoms. The van der Waals surface area contributed by atoms with Gasteiger partial charge in [-0.2, -0.15) is 5.10 Å². The minimum absolute atomic E-state index is 0.102. The van der Waals surface area contributed by atoms with Gasteiger partial charge in [-0.1, -0.05) is 0 Å². The quantitative estimate of drug-likeness (QED) is 0.704. The average molecular weight is 233 g/mol. The summed E-state index contributed by atoms with van der Waals surface area (Å²) in [6.07, 6.45) is 3.03. The van der Waals surface area contributed by atoms with Crippen LogP contribution in [-0.4, -0.2) is 24.7 Å². The van der Waals surface area contributed by atoms with E-state index in [1.54, 1.807) is 11.0 Å². The Balaban J connectivity index is 2.07. The van der Waals surface area contributed by atoms with E-state index in [1.165, 1.54) is 17.7 Å². The molecule has 3 heterocycles. The molecule has 1 N–H and O–H groups in total. The van der Waals surface area contributed by atoms with E-state index in [-0.39, 0.29) is 5.56 Å². The Labute approximate surface area is 93.6 Å². The number of nitrogens with zero attached hydrogens (tertiary/aromatic N) is 4. The van der Waals surface area contributed by atoms with Crippen molar-refractivity contribution in [1.29, 1.82) is 0 Å². The van der Waals surface area contributed by atoms with Crippen molar-refractivity contribution in [3.63, 3.8) is 0 Å². The molecule has 0 saturated carbocycles. The van der Waals surface area contributed by atoms with Crippen LogP contribution in [0, 0.1) is 0 Å². The fourth-order valence-electron chi connectivity index (χ4n) is 1.46. The summed E-state index contributed by atoms with van der Waals surface area (Å²) in [5.74, 6) is 0.585. The van der Waals surface area contributed by atoms with E-state index in [0.29, 0.717) is 17.1 Å². The van der Waals surface area contributed by atoms with E-state index in [1.807, 2.05) is 11.4 Å². The van der Waals surface area contributed by atoms with Crippen LogP contribution < -0.4 is 5.56 Å². The third-order valence-electron chi connectivity index (χ3n) is 2.14. The van der Waals surface area contributed by atoms with Crippen LogP contribution in [0.5, 0.6) is 0 Å². The van der Waals surface area contributed by atoms with Crippen LogP contribution in [-0.2, 0) is 6.54 Å². The second-order valence-electron chi connectivity index (χ2n) is 3.24. The minimum Gasteiger partial charge on any atom is -0.308 e. The van der Waals surface area contributed by atoms with Gasteiger partial charge in [-0.3, -0.25) is 4.79 Å². The number of rotatable bonds is 2. The summed E-state index contributed by atoms with van der Waals surface area (Å²) in [7, 11) is 0. The van der Waals surface area contributed by atoms with Gasteiger partial charge in [0.1, 0.15) is 29.7 Å². The van der Waals surface area contributed by atoms with Gasteiger partial charge >= 0.3 is 0 Å². The van der Waals surface area contributed by atoms with E-state index in [4.69, 9.17) is 0 Å². The number of thiophene rings is 1. The molecule has 0 amide bonds. The molecule has 3 aromatic heterocycles. The first-order chi connectivity index (χ1) is 7.83. The maximum atomic E-state index is 11.7. The zero-order valence-corrected chi connectivity index (χ0v) is 8.94. The van der Waals surface area contributed by atoms with Crippen molar-refractivity contribution in [2.45, 2.75) is 6.54 Å². The Morgan fingerprint density at radius 3 is 3.25 bits per heavy atom. The number of H-pyrrole nitrogens is 1. The third kappa shape index (κ3) is 1.50. The monoisotopic (exact) mass is 233 g/mol. The molecule has 0 aromatic carbocycles. The van der Waals surface area contributed by atoms with Crippen molar-refractivity contribution < 1.29 is 0 Å². The first-order valence-electron chi connectivity index (χ1n) is 4.62. The van der Waals surface area contributed by atoms with Crippen LogP contribution in [0.25, 0.3) is 10.2 Å². The lowest BCUT2D eigenvalue weighted by Crippen LogP contribution is -2.13. The molecule has 3 aromatic rings. The summed E-state index contributed by atoms with van der Waals surface area (Å²) in [5.41, 5.74) is 0.624. The first kappa shape index (κ1) is 9.22. The lowest BCUT2D eigenvalue weighted by molar-refractivity contribution is 0.654. The minimum atomic E-state index is -0.102. The lowest BCUT2D eigenvalue weighted by Gasteiger charge is -1.99. The Morgan fingerprint density at radius 1 is 1.50 bits per heavy atom. The standard InChI is InChI=1S/C9H7N5OS/c15-9-8-6(1-2-16-8)12-7(13-9)3-14-5-10-4-11-14/h1-2,4-5H,3H2,(H,12,13,15). The summed E-state index contributed by atoms with van der Waals surface area (Å²) < 4.78 is 2.26. The van der Waals surface area contributed by atoms with Crippen molar-refractivity contribution in [3.8, 4) is 0 Å². The lowest BCUT2D eigenvalue weighted by atomic mass is 10.4. The fourth-order valence-corrected chi connectivity index (χ4v) is 2.19. The van der Waals surface area contributed by atoms with Gasteiger partial charge in [0, 0.05) is 0 Å². The Hall–Kier alpha value is -2.02. The van der Waals surface area contributed by atoms with E-state index < -0.39 is 0 Å². The molecule has 7 heteroatoms. The van der Waals surface area contributed by atoms with Crippen molar-refractivity contribution >= 4 is 21.6 Å². The summed E-state index contributed by atoms with van der Waals surface area (Å²) >= 11 is 1.39. The van der Waals surface area contributed by atoms with Crippen molar-refractivity contribution in [1.82, 2.24) is 24.7 Å². The van der Waals surface area contributed by atoms with Crippen LogP contribution >= 0.6 is 11.3 Å². The predicted octanol–water partition coefficient (Wildman–Crippen LogP) is 0.624. The van der Waals surface area contributed by atoms with Gasteiger partial charge in [0.05, 0.1) is 5.52 Å². The van der Waals surface area contributed by atoms with Crippen LogP contribution in [0.3, 0.4) is 0 Å². The maximum absolute atomic E-state index is 11.7. The Kier molecular flexibility index (Phi) is 2.03. The van der Waals surface area contributed by atoms with Gasteiger partial charge < -0.3 is 4.98 Å². The van der Waals surface area contributed by atoms with Crippen LogP contribution in [0.4, 0.5) is 0 Å². The topological polar surface area (TPSA) is 76.5 Å². The van der Waals surface area contributed by atoms with Crippen molar-refractivity contribution in [3.05, 3.63) is 40.3 Å². The highest BCUT2D eigenvalue weighted by molar-refractivity contribution is 7.17. The van der Waals surface area contributed by atoms with Crippen LogP contribution in [0.2, 0.25) is 0 Å². The first-order valence-corrected chi connectivity index (χ1v) is 5.50. The zero-order valence-electron chi connectivity index (χ0n) is 8.12. The molecule has 0 fully saturated rings. The van der Waals surface area contributed by atoms with Gasteiger partial charge in [0.25, 0.3) is 5.56 Å². The molecule has 0 saturated heterocycles. The second kappa shape index (κ2) is 3.53. The smallest absolute Gasteiger partial charge is 0.268 e. The van der Waals surface area contributed by atoms with Gasteiger partial charge in [-0.05, 0) is 11.4 Å². The molecule has 0 spiro atoms. The number of aromatic amines is 1. The fraction of sp³-hybridized carbons (Fsp3) is 0.111. The molecule has 0 aliphatic heterocycles. The van der Waals surface area contributed by atoms with Gasteiger partial charge in [0.2, 0.25) is 0 Å². The molecule has 0 unspecified atom stereocenters. The van der Waals surface area contributed by atoms with Gasteiger partial charge in [-0.25, -0.2) is 14.6 Å². The third-order valence-corrected chi connectivity index (χ3v) is 3.04. The molecule has 0 aliphatic carbocycles. The van der Waals surface area contributed by atoms with Crippen LogP contribution in [0.15, 0.2) is 28.9 Å². The summed E-state index contributed by atoms with van der Waals surface area (Å²) in [6, 6.07) is 1.83. The molecule has 0 atom stereocenters. The number of hydrogen-bond donors (Lipinski definition) is 1. The number of aromatic nitrogens is 5. The Bertz CT molecular complexity index is 669. The van der Waals surface area contributed by atoms with E-state index >= 15 is 0 Å². The highest BCUT2D eigenvalue weighted by Crippen LogP contribution is 2.13. The largest absolute Gasteiger partial charge is 0.308 e. The molecule has 16 heavy (non-hydrogen) atoms. The maximum Gasteiger partial charge on any atom is 0.268 e. The van der Waals surface area contributed by atoms with Crippen molar-refractivity contribution in [2.75, 3.05) is 0 Å². The zero-order chi connectivity index (χ0) is 11.0. The molecule has 0 aliphatic rings. The van der Waals surface area contributed by atoms with Crippen LogP contribution in [0.1, 0.15) is 5.82 Å². The SMILES string of the molecule is O=c1[nH]c(Cn2cncn2)nc2ccsc12. The van der Waals surface area contributed by atoms with Crippen molar-refractivity contribution in [2.24, 2.45) is 0 Å². The second-order valence-corrected chi connectivity index (χ2v) is 4.16. The molecule has 3 rings (SSSR count). The highest BCUT2D eigenvalue weighted by Gasteiger charge is 2.05. The van der Waals surface area contributed by atoms with E-state index in [9.17, 15) is 4.79 Å². The molecule has 0 radical (unpaired) electrons. The number of fused-ring (bicyclic) bond motifs is 1. The summed E-state index contributed by atoms with van der Waals surface area (Å²) in [6.45, 7) is 0.418. The summed E-state index contributed by atoms with van der Waals surface area (Å²) in [4.78, 5) is 22.6. The van der Waals surface area contributed by atoms with Gasteiger partial charge in [-0.15, -0.1) is 11.3 Å². The molecular weight excluding hydrogens is 226 g/mol. The molecule has 80 valence electrons.